The maximum atomic E-state index is 11.5. The van der Waals surface area contributed by atoms with E-state index >= 15 is 0 Å². The molecule has 1 saturated heterocycles. The fourth-order valence-electron chi connectivity index (χ4n) is 1.45. The average molecular weight is 246 g/mol. The number of hydrogen-bond donors (Lipinski definition) is 1. The molecule has 0 bridgehead atoms. The number of ether oxygens (including phenoxy) is 2. The first kappa shape index (κ1) is 13.6. The van der Waals surface area contributed by atoms with Crippen molar-refractivity contribution in [2.24, 2.45) is 0 Å². The summed E-state index contributed by atoms with van der Waals surface area (Å²) >= 11 is 0. The van der Waals surface area contributed by atoms with Crippen molar-refractivity contribution in [3.05, 3.63) is 0 Å². The van der Waals surface area contributed by atoms with Crippen LogP contribution in [0.1, 0.15) is 27.2 Å². The molecule has 2 unspecified atom stereocenters. The van der Waals surface area contributed by atoms with Crippen LogP contribution in [0.15, 0.2) is 0 Å². The molecule has 1 fully saturated rings. The number of rotatable bonds is 2. The Hall–Kier alpha value is -1.50. The Morgan fingerprint density at radius 1 is 1.53 bits per heavy atom. The Balaban J connectivity index is 2.59. The van der Waals surface area contributed by atoms with E-state index in [9.17, 15) is 14.8 Å². The third kappa shape index (κ3) is 3.23. The van der Waals surface area contributed by atoms with Crippen LogP contribution >= 0.6 is 0 Å². The van der Waals surface area contributed by atoms with Crippen molar-refractivity contribution in [3.8, 4) is 0 Å². The number of hydrogen-bond acceptors (Lipinski definition) is 5. The molecule has 0 aromatic rings. The highest BCUT2D eigenvalue weighted by Crippen LogP contribution is 2.20. The zero-order valence-corrected chi connectivity index (χ0v) is 10.4. The van der Waals surface area contributed by atoms with Crippen molar-refractivity contribution in [1.82, 2.24) is 9.96 Å². The minimum Gasteiger partial charge on any atom is -0.432 e. The van der Waals surface area contributed by atoms with E-state index in [0.717, 1.165) is 0 Å². The molecule has 0 saturated carbocycles. The summed E-state index contributed by atoms with van der Waals surface area (Å²) in [6, 6.07) is -0.728. The van der Waals surface area contributed by atoms with Crippen LogP contribution in [-0.4, -0.2) is 52.8 Å². The fraction of sp³-hybridized carbons (Fsp3) is 0.800. The van der Waals surface area contributed by atoms with E-state index in [4.69, 9.17) is 9.47 Å². The van der Waals surface area contributed by atoms with Gasteiger partial charge in [-0.05, 0) is 20.8 Å². The van der Waals surface area contributed by atoms with E-state index in [2.05, 4.69) is 0 Å². The second-order valence-corrected chi connectivity index (χ2v) is 4.31. The molecule has 17 heavy (non-hydrogen) atoms. The Morgan fingerprint density at radius 2 is 2.12 bits per heavy atom. The lowest BCUT2D eigenvalue weighted by Crippen LogP contribution is -2.56. The van der Waals surface area contributed by atoms with Gasteiger partial charge in [-0.1, -0.05) is 0 Å². The van der Waals surface area contributed by atoms with E-state index < -0.39 is 18.4 Å². The third-order valence-corrected chi connectivity index (χ3v) is 2.54. The first-order valence-corrected chi connectivity index (χ1v) is 5.45. The van der Waals surface area contributed by atoms with Gasteiger partial charge < -0.3 is 14.4 Å². The third-order valence-electron chi connectivity index (χ3n) is 2.54. The Kier molecular flexibility index (Phi) is 4.17. The molecule has 1 aliphatic heterocycles. The lowest BCUT2D eigenvalue weighted by molar-refractivity contribution is -0.191. The molecule has 1 heterocycles. The molecule has 0 aliphatic carbocycles. The highest BCUT2D eigenvalue weighted by Gasteiger charge is 2.37. The lowest BCUT2D eigenvalue weighted by Gasteiger charge is -2.38. The van der Waals surface area contributed by atoms with Crippen molar-refractivity contribution in [2.75, 3.05) is 7.05 Å². The molecular weight excluding hydrogens is 228 g/mol. The van der Waals surface area contributed by atoms with Crippen molar-refractivity contribution >= 4 is 12.2 Å². The summed E-state index contributed by atoms with van der Waals surface area (Å²) in [6.07, 6.45) is -1.88. The monoisotopic (exact) mass is 246 g/mol. The minimum absolute atomic E-state index is 0.122. The van der Waals surface area contributed by atoms with Gasteiger partial charge in [-0.25, -0.2) is 9.59 Å². The van der Waals surface area contributed by atoms with Crippen LogP contribution in [0.2, 0.25) is 0 Å². The molecule has 1 aliphatic rings. The van der Waals surface area contributed by atoms with Crippen molar-refractivity contribution in [3.63, 3.8) is 0 Å². The van der Waals surface area contributed by atoms with E-state index in [0.29, 0.717) is 11.5 Å². The summed E-state index contributed by atoms with van der Waals surface area (Å²) in [7, 11) is 1.57. The van der Waals surface area contributed by atoms with Crippen LogP contribution in [0, 0.1) is 0 Å². The number of urea groups is 1. The number of carbonyl (C=O) groups excluding carboxylic acids is 2. The molecule has 2 atom stereocenters. The van der Waals surface area contributed by atoms with Crippen LogP contribution in [0.4, 0.5) is 9.59 Å². The molecule has 1 N–H and O–H groups in total. The number of amides is 2. The summed E-state index contributed by atoms with van der Waals surface area (Å²) in [4.78, 5) is 24.1. The second kappa shape index (κ2) is 5.22. The highest BCUT2D eigenvalue weighted by atomic mass is 16.8. The summed E-state index contributed by atoms with van der Waals surface area (Å²) in [6.45, 7) is 5.16. The Morgan fingerprint density at radius 3 is 2.65 bits per heavy atom. The van der Waals surface area contributed by atoms with Gasteiger partial charge in [0.25, 0.3) is 0 Å². The van der Waals surface area contributed by atoms with Gasteiger partial charge in [0, 0.05) is 19.5 Å². The van der Waals surface area contributed by atoms with E-state index in [1.165, 1.54) is 4.90 Å². The zero-order valence-electron chi connectivity index (χ0n) is 10.4. The molecule has 98 valence electrons. The van der Waals surface area contributed by atoms with Gasteiger partial charge in [-0.15, -0.1) is 0 Å². The molecule has 0 aromatic heterocycles. The second-order valence-electron chi connectivity index (χ2n) is 4.31. The molecule has 7 nitrogen and oxygen atoms in total. The molecular formula is C10H18N2O5. The van der Waals surface area contributed by atoms with Crippen LogP contribution in [0.5, 0.6) is 0 Å². The molecule has 0 radical (unpaired) electrons. The minimum atomic E-state index is -1.00. The molecule has 0 spiro atoms. The first-order valence-electron chi connectivity index (χ1n) is 5.45. The zero-order chi connectivity index (χ0) is 13.2. The standard InChI is InChI=1S/C10H18N2O5/c1-6(2)16-10(14)17-8-5-7(3)11(4)9(13)12(8)15/h6-8,15H,5H2,1-4H3. The fourth-order valence-corrected chi connectivity index (χ4v) is 1.45. The van der Waals surface area contributed by atoms with Crippen LogP contribution < -0.4 is 0 Å². The van der Waals surface area contributed by atoms with E-state index in [1.807, 2.05) is 0 Å². The van der Waals surface area contributed by atoms with Gasteiger partial charge in [0.05, 0.1) is 6.10 Å². The summed E-state index contributed by atoms with van der Waals surface area (Å²) in [5.74, 6) is 0. The van der Waals surface area contributed by atoms with Crippen LogP contribution in [-0.2, 0) is 9.47 Å². The molecule has 0 aromatic carbocycles. The highest BCUT2D eigenvalue weighted by molar-refractivity contribution is 5.74. The predicted octanol–water partition coefficient (Wildman–Crippen LogP) is 1.41. The molecule has 7 heteroatoms. The van der Waals surface area contributed by atoms with Crippen LogP contribution in [0.25, 0.3) is 0 Å². The average Bonchev–Trinajstić information content (AvgIpc) is 2.21. The van der Waals surface area contributed by atoms with Gasteiger partial charge >= 0.3 is 12.2 Å². The number of nitrogens with zero attached hydrogens (tertiary/aromatic N) is 2. The largest absolute Gasteiger partial charge is 0.510 e. The maximum Gasteiger partial charge on any atom is 0.510 e. The topological polar surface area (TPSA) is 79.3 Å². The summed E-state index contributed by atoms with van der Waals surface area (Å²) in [5, 5.41) is 9.92. The van der Waals surface area contributed by atoms with Gasteiger partial charge in [-0.2, -0.15) is 5.06 Å². The Bertz CT molecular complexity index is 307. The van der Waals surface area contributed by atoms with Crippen molar-refractivity contribution in [2.45, 2.75) is 45.6 Å². The van der Waals surface area contributed by atoms with Crippen molar-refractivity contribution in [1.29, 1.82) is 0 Å². The Labute approximate surface area is 99.8 Å². The van der Waals surface area contributed by atoms with Gasteiger partial charge in [-0.3, -0.25) is 5.21 Å². The summed E-state index contributed by atoms with van der Waals surface area (Å²) in [5.41, 5.74) is 0. The quantitative estimate of drug-likeness (QED) is 0.588. The van der Waals surface area contributed by atoms with Crippen LogP contribution in [0.3, 0.4) is 0 Å². The lowest BCUT2D eigenvalue weighted by atomic mass is 10.1. The molecule has 2 amide bonds. The maximum absolute atomic E-state index is 11.5. The number of carbonyl (C=O) groups is 2. The smallest absolute Gasteiger partial charge is 0.432 e. The normalized spacial score (nSPS) is 25.2. The van der Waals surface area contributed by atoms with Gasteiger partial charge in [0.1, 0.15) is 0 Å². The predicted molar refractivity (Wildman–Crippen MR) is 57.4 cm³/mol. The number of hydroxylamine groups is 2. The van der Waals surface area contributed by atoms with E-state index in [-0.39, 0.29) is 12.1 Å². The van der Waals surface area contributed by atoms with E-state index in [1.54, 1.807) is 27.8 Å². The molecule has 1 rings (SSSR count). The van der Waals surface area contributed by atoms with Gasteiger partial charge in [0.2, 0.25) is 6.23 Å². The SMILES string of the molecule is CC(C)OC(=O)OC1CC(C)N(C)C(=O)N1O. The first-order chi connectivity index (χ1) is 7.82. The summed E-state index contributed by atoms with van der Waals surface area (Å²) < 4.78 is 9.65. The van der Waals surface area contributed by atoms with Crippen molar-refractivity contribution < 1.29 is 24.3 Å². The van der Waals surface area contributed by atoms with Gasteiger partial charge in [0.15, 0.2) is 0 Å².